The van der Waals surface area contributed by atoms with Crippen LogP contribution in [0.25, 0.3) is 28.3 Å². The number of hydrogen-bond acceptors (Lipinski definition) is 5. The van der Waals surface area contributed by atoms with E-state index in [1.54, 1.807) is 10.8 Å². The van der Waals surface area contributed by atoms with Crippen molar-refractivity contribution >= 4 is 40.1 Å². The van der Waals surface area contributed by atoms with Crippen LogP contribution in [0.2, 0.25) is 5.02 Å². The first-order valence-corrected chi connectivity index (χ1v) is 11.8. The van der Waals surface area contributed by atoms with Gasteiger partial charge in [-0.1, -0.05) is 29.8 Å². The maximum absolute atomic E-state index is 6.31. The zero-order chi connectivity index (χ0) is 22.9. The fourth-order valence-electron chi connectivity index (χ4n) is 3.76. The SMILES string of the molecule is Cc1cccc(-c2nc(CN(I)Cc3cccc(Cl)c3C)[nH]c2-c2ccc3ncnn3c2)n1. The van der Waals surface area contributed by atoms with Gasteiger partial charge in [-0.2, -0.15) is 5.10 Å². The number of imidazole rings is 1. The van der Waals surface area contributed by atoms with E-state index in [2.05, 4.69) is 54.0 Å². The van der Waals surface area contributed by atoms with Crippen LogP contribution < -0.4 is 0 Å². The molecule has 9 heteroatoms. The van der Waals surface area contributed by atoms with Gasteiger partial charge in [-0.25, -0.2) is 17.6 Å². The second kappa shape index (κ2) is 9.20. The van der Waals surface area contributed by atoms with Crippen LogP contribution >= 0.6 is 34.5 Å². The summed E-state index contributed by atoms with van der Waals surface area (Å²) < 4.78 is 3.95. The van der Waals surface area contributed by atoms with Crippen molar-refractivity contribution in [2.75, 3.05) is 0 Å². The molecule has 0 aliphatic rings. The second-order valence-corrected chi connectivity index (χ2v) is 9.63. The molecular weight excluding hydrogens is 549 g/mol. The highest BCUT2D eigenvalue weighted by Gasteiger charge is 2.18. The Morgan fingerprint density at radius 1 is 1.03 bits per heavy atom. The Hall–Kier alpha value is -2.82. The molecule has 4 aromatic heterocycles. The fourth-order valence-corrected chi connectivity index (χ4v) is 4.64. The van der Waals surface area contributed by atoms with E-state index in [0.29, 0.717) is 6.54 Å². The molecule has 0 amide bonds. The van der Waals surface area contributed by atoms with Crippen LogP contribution in [0.15, 0.2) is 61.1 Å². The number of aryl methyl sites for hydroxylation is 1. The number of aromatic amines is 1. The van der Waals surface area contributed by atoms with Crippen molar-refractivity contribution in [3.8, 4) is 22.6 Å². The third kappa shape index (κ3) is 4.64. The molecule has 5 rings (SSSR count). The predicted octanol–water partition coefficient (Wildman–Crippen LogP) is 5.80. The number of H-pyrrole nitrogens is 1. The van der Waals surface area contributed by atoms with E-state index < -0.39 is 0 Å². The molecule has 1 aromatic carbocycles. The third-order valence-electron chi connectivity index (χ3n) is 5.49. The molecule has 7 nitrogen and oxygen atoms in total. The van der Waals surface area contributed by atoms with E-state index in [0.717, 1.165) is 56.9 Å². The predicted molar refractivity (Wildman–Crippen MR) is 138 cm³/mol. The molecule has 0 aliphatic heterocycles. The van der Waals surface area contributed by atoms with Gasteiger partial charge in [0.15, 0.2) is 5.65 Å². The number of fused-ring (bicyclic) bond motifs is 1. The molecule has 0 spiro atoms. The molecule has 0 radical (unpaired) electrons. The molecule has 0 fully saturated rings. The van der Waals surface area contributed by atoms with Crippen LogP contribution in [0.4, 0.5) is 0 Å². The van der Waals surface area contributed by atoms with Gasteiger partial charge in [0.05, 0.1) is 17.9 Å². The number of nitrogens with zero attached hydrogens (tertiary/aromatic N) is 6. The Bertz CT molecular complexity index is 1440. The van der Waals surface area contributed by atoms with E-state index in [9.17, 15) is 0 Å². The molecule has 0 bridgehead atoms. The zero-order valence-corrected chi connectivity index (χ0v) is 21.0. The Morgan fingerprint density at radius 3 is 2.73 bits per heavy atom. The molecule has 4 heterocycles. The average Bonchev–Trinajstić information content (AvgIpc) is 3.43. The standard InChI is InChI=1S/C24H21ClIN7/c1-15-5-3-8-20(29-15)24-23(18-9-10-22-27-14-28-33(22)12-18)30-21(31-24)13-32(26)11-17-6-4-7-19(25)16(17)2/h3-10,12,14H,11,13H2,1-2H3,(H,30,31). The number of nitrogens with one attached hydrogen (secondary N) is 1. The normalized spacial score (nSPS) is 11.5. The van der Waals surface area contributed by atoms with Crippen molar-refractivity contribution in [1.82, 2.24) is 32.7 Å². The summed E-state index contributed by atoms with van der Waals surface area (Å²) in [6.07, 6.45) is 3.50. The first kappa shape index (κ1) is 22.0. The summed E-state index contributed by atoms with van der Waals surface area (Å²) in [5.74, 6) is 0.857. The number of aromatic nitrogens is 6. The Kier molecular flexibility index (Phi) is 6.13. The summed E-state index contributed by atoms with van der Waals surface area (Å²) in [4.78, 5) is 17.4. The van der Waals surface area contributed by atoms with Crippen LogP contribution in [0, 0.1) is 13.8 Å². The largest absolute Gasteiger partial charge is 0.340 e. The summed E-state index contributed by atoms with van der Waals surface area (Å²) in [6, 6.07) is 16.0. The van der Waals surface area contributed by atoms with Gasteiger partial charge < -0.3 is 4.98 Å². The summed E-state index contributed by atoms with van der Waals surface area (Å²) in [5.41, 5.74) is 7.56. The lowest BCUT2D eigenvalue weighted by molar-refractivity contribution is 0.488. The minimum Gasteiger partial charge on any atom is -0.340 e. The van der Waals surface area contributed by atoms with Gasteiger partial charge in [-0.05, 0) is 55.3 Å². The summed E-state index contributed by atoms with van der Waals surface area (Å²) in [7, 11) is 0. The lowest BCUT2D eigenvalue weighted by Crippen LogP contribution is -2.12. The molecule has 0 saturated heterocycles. The number of pyridine rings is 2. The molecule has 5 aromatic rings. The highest BCUT2D eigenvalue weighted by atomic mass is 127. The fraction of sp³-hybridized carbons (Fsp3) is 0.167. The van der Waals surface area contributed by atoms with E-state index in [1.165, 1.54) is 5.56 Å². The molecule has 166 valence electrons. The molecule has 1 N–H and O–H groups in total. The van der Waals surface area contributed by atoms with Crippen LogP contribution in [0.1, 0.15) is 22.6 Å². The van der Waals surface area contributed by atoms with Gasteiger partial charge in [0.25, 0.3) is 0 Å². The lowest BCUT2D eigenvalue weighted by Gasteiger charge is -2.15. The van der Waals surface area contributed by atoms with Crippen molar-refractivity contribution in [2.24, 2.45) is 0 Å². The number of hydrogen-bond donors (Lipinski definition) is 1. The van der Waals surface area contributed by atoms with Gasteiger partial charge in [-0.15, -0.1) is 0 Å². The zero-order valence-electron chi connectivity index (χ0n) is 18.1. The Labute approximate surface area is 210 Å². The minimum atomic E-state index is 0.636. The molecule has 0 aliphatic carbocycles. The maximum atomic E-state index is 6.31. The molecular formula is C24H21ClIN7. The van der Waals surface area contributed by atoms with E-state index in [1.807, 2.05) is 55.6 Å². The first-order chi connectivity index (χ1) is 16.0. The van der Waals surface area contributed by atoms with Crippen LogP contribution in [0.5, 0.6) is 0 Å². The monoisotopic (exact) mass is 569 g/mol. The quantitative estimate of drug-likeness (QED) is 0.207. The maximum Gasteiger partial charge on any atom is 0.155 e. The van der Waals surface area contributed by atoms with Crippen molar-refractivity contribution < 1.29 is 0 Å². The van der Waals surface area contributed by atoms with Crippen LogP contribution in [0.3, 0.4) is 0 Å². The van der Waals surface area contributed by atoms with Gasteiger partial charge in [-0.3, -0.25) is 4.98 Å². The Morgan fingerprint density at radius 2 is 1.88 bits per heavy atom. The average molecular weight is 570 g/mol. The van der Waals surface area contributed by atoms with Gasteiger partial charge in [0.2, 0.25) is 0 Å². The molecule has 0 unspecified atom stereocenters. The minimum absolute atomic E-state index is 0.636. The highest BCUT2D eigenvalue weighted by Crippen LogP contribution is 2.30. The number of benzene rings is 1. The van der Waals surface area contributed by atoms with Gasteiger partial charge >= 0.3 is 0 Å². The summed E-state index contributed by atoms with van der Waals surface area (Å²) >= 11 is 8.64. The summed E-state index contributed by atoms with van der Waals surface area (Å²) in [5, 5.41) is 5.06. The van der Waals surface area contributed by atoms with Crippen LogP contribution in [-0.4, -0.2) is 32.7 Å². The third-order valence-corrected chi connectivity index (χ3v) is 6.58. The van der Waals surface area contributed by atoms with E-state index >= 15 is 0 Å². The Balaban J connectivity index is 1.50. The van der Waals surface area contributed by atoms with Gasteiger partial charge in [0.1, 0.15) is 17.8 Å². The highest BCUT2D eigenvalue weighted by molar-refractivity contribution is 14.1. The lowest BCUT2D eigenvalue weighted by atomic mass is 10.1. The molecule has 0 atom stereocenters. The van der Waals surface area contributed by atoms with Crippen molar-refractivity contribution in [3.63, 3.8) is 0 Å². The van der Waals surface area contributed by atoms with Crippen LogP contribution in [-0.2, 0) is 13.1 Å². The van der Waals surface area contributed by atoms with E-state index in [4.69, 9.17) is 21.6 Å². The molecule has 0 saturated carbocycles. The van der Waals surface area contributed by atoms with Crippen molar-refractivity contribution in [1.29, 1.82) is 0 Å². The van der Waals surface area contributed by atoms with E-state index in [-0.39, 0.29) is 0 Å². The second-order valence-electron chi connectivity index (χ2n) is 7.85. The molecule has 33 heavy (non-hydrogen) atoms. The first-order valence-electron chi connectivity index (χ1n) is 10.5. The summed E-state index contributed by atoms with van der Waals surface area (Å²) in [6.45, 7) is 5.43. The smallest absolute Gasteiger partial charge is 0.155 e. The van der Waals surface area contributed by atoms with Crippen molar-refractivity contribution in [3.05, 3.63) is 88.7 Å². The number of halogens is 2. The van der Waals surface area contributed by atoms with Gasteiger partial charge in [0, 0.05) is 51.9 Å². The topological polar surface area (TPSA) is 75.0 Å². The van der Waals surface area contributed by atoms with Crippen molar-refractivity contribution in [2.45, 2.75) is 26.9 Å². The number of rotatable bonds is 6.